The Morgan fingerprint density at radius 1 is 1.25 bits per heavy atom. The zero-order chi connectivity index (χ0) is 14.3. The van der Waals surface area contributed by atoms with Crippen LogP contribution in [0.4, 0.5) is 5.69 Å². The fraction of sp³-hybridized carbons (Fsp3) is 0.588. The van der Waals surface area contributed by atoms with Crippen LogP contribution in [0.3, 0.4) is 0 Å². The zero-order valence-electron chi connectivity index (χ0n) is 12.3. The van der Waals surface area contributed by atoms with E-state index in [9.17, 15) is 4.79 Å². The van der Waals surface area contributed by atoms with Gasteiger partial charge in [-0.3, -0.25) is 4.79 Å². The molecule has 3 heteroatoms. The Bertz CT molecular complexity index is 534. The van der Waals surface area contributed by atoms with Gasteiger partial charge in [0.05, 0.1) is 5.38 Å². The van der Waals surface area contributed by atoms with Crippen LogP contribution in [0.5, 0.6) is 0 Å². The molecule has 20 heavy (non-hydrogen) atoms. The van der Waals surface area contributed by atoms with Crippen molar-refractivity contribution in [2.75, 3.05) is 11.9 Å². The zero-order valence-corrected chi connectivity index (χ0v) is 13.0. The molecule has 0 aromatic heterocycles. The highest BCUT2D eigenvalue weighted by molar-refractivity contribution is 6.21. The third kappa shape index (κ3) is 2.24. The minimum absolute atomic E-state index is 0.0817. The molecule has 108 valence electrons. The average molecular weight is 292 g/mol. The van der Waals surface area contributed by atoms with Gasteiger partial charge in [-0.1, -0.05) is 31.9 Å². The Morgan fingerprint density at radius 3 is 2.65 bits per heavy atom. The molecule has 0 spiro atoms. The van der Waals surface area contributed by atoms with Crippen molar-refractivity contribution >= 4 is 23.2 Å². The third-order valence-corrected chi connectivity index (χ3v) is 5.88. The fourth-order valence-corrected chi connectivity index (χ4v) is 4.03. The number of aryl methyl sites for hydroxylation is 1. The van der Waals surface area contributed by atoms with E-state index in [4.69, 9.17) is 11.6 Å². The summed E-state index contributed by atoms with van der Waals surface area (Å²) in [4.78, 5) is 13.5. The lowest BCUT2D eigenvalue weighted by molar-refractivity contribution is -0.118. The molecule has 2 nitrogen and oxygen atoms in total. The van der Waals surface area contributed by atoms with Crippen LogP contribution in [-0.4, -0.2) is 13.0 Å². The lowest BCUT2D eigenvalue weighted by atomic mass is 9.81. The van der Waals surface area contributed by atoms with Crippen molar-refractivity contribution in [3.05, 3.63) is 29.3 Å². The molecule has 1 fully saturated rings. The van der Waals surface area contributed by atoms with Gasteiger partial charge in [0.15, 0.2) is 0 Å². The van der Waals surface area contributed by atoms with Gasteiger partial charge in [0.1, 0.15) is 0 Å². The van der Waals surface area contributed by atoms with E-state index < -0.39 is 0 Å². The number of hydrogen-bond acceptors (Lipinski definition) is 1. The van der Waals surface area contributed by atoms with E-state index >= 15 is 0 Å². The van der Waals surface area contributed by atoms with E-state index in [0.717, 1.165) is 12.1 Å². The van der Waals surface area contributed by atoms with E-state index in [1.54, 1.807) is 4.90 Å². The maximum atomic E-state index is 11.7. The van der Waals surface area contributed by atoms with E-state index in [2.05, 4.69) is 25.1 Å². The van der Waals surface area contributed by atoms with E-state index in [-0.39, 0.29) is 16.7 Å². The molecule has 1 amide bonds. The Hall–Kier alpha value is -1.02. The summed E-state index contributed by atoms with van der Waals surface area (Å²) >= 11 is 6.78. The van der Waals surface area contributed by atoms with Gasteiger partial charge in [-0.05, 0) is 41.9 Å². The Kier molecular flexibility index (Phi) is 3.53. The fourth-order valence-electron chi connectivity index (χ4n) is 3.67. The predicted octanol–water partition coefficient (Wildman–Crippen LogP) is 4.46. The SMILES string of the molecule is CN1C(=O)CCc2cc(C(Cl)C3(C)CCCC3)ccc21. The molecule has 0 radical (unpaired) electrons. The summed E-state index contributed by atoms with van der Waals surface area (Å²) in [6.45, 7) is 2.31. The molecule has 2 aliphatic rings. The third-order valence-electron chi connectivity index (χ3n) is 5.10. The van der Waals surface area contributed by atoms with E-state index in [0.29, 0.717) is 6.42 Å². The number of fused-ring (bicyclic) bond motifs is 1. The van der Waals surface area contributed by atoms with Crippen LogP contribution in [0.25, 0.3) is 0 Å². The standard InChI is InChI=1S/C17H22ClNO/c1-17(9-3-4-10-17)16(18)13-5-7-14-12(11-13)6-8-15(20)19(14)2/h5,7,11,16H,3-4,6,8-10H2,1-2H3. The first kappa shape index (κ1) is 13.9. The maximum Gasteiger partial charge on any atom is 0.227 e. The summed E-state index contributed by atoms with van der Waals surface area (Å²) in [7, 11) is 1.86. The monoisotopic (exact) mass is 291 g/mol. The van der Waals surface area contributed by atoms with Gasteiger partial charge in [-0.15, -0.1) is 11.6 Å². The molecule has 1 aliphatic heterocycles. The quantitative estimate of drug-likeness (QED) is 0.737. The van der Waals surface area contributed by atoms with Crippen LogP contribution in [0.15, 0.2) is 18.2 Å². The lowest BCUT2D eigenvalue weighted by Crippen LogP contribution is -2.31. The first-order valence-corrected chi connectivity index (χ1v) is 7.98. The van der Waals surface area contributed by atoms with Gasteiger partial charge in [0.25, 0.3) is 0 Å². The van der Waals surface area contributed by atoms with Crippen molar-refractivity contribution in [2.24, 2.45) is 5.41 Å². The highest BCUT2D eigenvalue weighted by Crippen LogP contribution is 2.51. The van der Waals surface area contributed by atoms with Crippen LogP contribution in [0.2, 0.25) is 0 Å². The number of alkyl halides is 1. The number of hydrogen-bond donors (Lipinski definition) is 0. The highest BCUT2D eigenvalue weighted by atomic mass is 35.5. The molecule has 1 saturated carbocycles. The van der Waals surface area contributed by atoms with Gasteiger partial charge >= 0.3 is 0 Å². The number of halogens is 1. The molecule has 1 aromatic rings. The number of benzene rings is 1. The van der Waals surface area contributed by atoms with Gasteiger partial charge in [0, 0.05) is 19.2 Å². The molecule has 0 saturated heterocycles. The molecule has 1 aromatic carbocycles. The van der Waals surface area contributed by atoms with Crippen LogP contribution < -0.4 is 4.90 Å². The smallest absolute Gasteiger partial charge is 0.227 e. The van der Waals surface area contributed by atoms with Gasteiger partial charge in [-0.25, -0.2) is 0 Å². The summed E-state index contributed by atoms with van der Waals surface area (Å²) in [6.07, 6.45) is 6.47. The van der Waals surface area contributed by atoms with Gasteiger partial charge in [-0.2, -0.15) is 0 Å². The van der Waals surface area contributed by atoms with E-state index in [1.807, 2.05) is 7.05 Å². The number of anilines is 1. The van der Waals surface area contributed by atoms with Crippen molar-refractivity contribution in [2.45, 2.75) is 50.8 Å². The minimum atomic E-state index is 0.0817. The van der Waals surface area contributed by atoms with Crippen molar-refractivity contribution in [3.63, 3.8) is 0 Å². The van der Waals surface area contributed by atoms with Crippen LogP contribution in [0, 0.1) is 5.41 Å². The average Bonchev–Trinajstić information content (AvgIpc) is 2.90. The van der Waals surface area contributed by atoms with Crippen molar-refractivity contribution in [1.82, 2.24) is 0 Å². The Labute approximate surface area is 126 Å². The van der Waals surface area contributed by atoms with Crippen LogP contribution in [0.1, 0.15) is 55.5 Å². The second kappa shape index (κ2) is 5.07. The first-order valence-electron chi connectivity index (χ1n) is 7.55. The van der Waals surface area contributed by atoms with Gasteiger partial charge in [0.2, 0.25) is 5.91 Å². The number of amides is 1. The summed E-state index contributed by atoms with van der Waals surface area (Å²) < 4.78 is 0. The maximum absolute atomic E-state index is 11.7. The predicted molar refractivity (Wildman–Crippen MR) is 83.3 cm³/mol. The molecule has 1 aliphatic carbocycles. The van der Waals surface area contributed by atoms with Crippen LogP contribution >= 0.6 is 11.6 Å². The molecule has 3 rings (SSSR count). The topological polar surface area (TPSA) is 20.3 Å². The second-order valence-electron chi connectivity index (χ2n) is 6.56. The Morgan fingerprint density at radius 2 is 1.95 bits per heavy atom. The molecule has 0 N–H and O–H groups in total. The number of nitrogens with zero attached hydrogens (tertiary/aromatic N) is 1. The van der Waals surface area contributed by atoms with Crippen LogP contribution in [-0.2, 0) is 11.2 Å². The summed E-state index contributed by atoms with van der Waals surface area (Å²) in [5.41, 5.74) is 3.76. The Balaban J connectivity index is 1.91. The van der Waals surface area contributed by atoms with E-state index in [1.165, 1.54) is 36.8 Å². The normalized spacial score (nSPS) is 22.8. The van der Waals surface area contributed by atoms with Crippen molar-refractivity contribution < 1.29 is 4.79 Å². The minimum Gasteiger partial charge on any atom is -0.315 e. The van der Waals surface area contributed by atoms with Crippen molar-refractivity contribution in [3.8, 4) is 0 Å². The van der Waals surface area contributed by atoms with Crippen molar-refractivity contribution in [1.29, 1.82) is 0 Å². The molecule has 0 bridgehead atoms. The molecule has 1 heterocycles. The number of carbonyl (C=O) groups is 1. The molecule has 1 unspecified atom stereocenters. The summed E-state index contributed by atoms with van der Waals surface area (Å²) in [6, 6.07) is 6.39. The second-order valence-corrected chi connectivity index (χ2v) is 7.00. The number of rotatable bonds is 2. The number of carbonyl (C=O) groups excluding carboxylic acids is 1. The highest BCUT2D eigenvalue weighted by Gasteiger charge is 2.37. The molecular formula is C17H22ClNO. The molecule has 1 atom stereocenters. The summed E-state index contributed by atoms with van der Waals surface area (Å²) in [5.74, 6) is 0.204. The molecular weight excluding hydrogens is 270 g/mol. The first-order chi connectivity index (χ1) is 9.51. The largest absolute Gasteiger partial charge is 0.315 e. The summed E-state index contributed by atoms with van der Waals surface area (Å²) in [5, 5.41) is 0.0817. The van der Waals surface area contributed by atoms with Gasteiger partial charge < -0.3 is 4.90 Å². The lowest BCUT2D eigenvalue weighted by Gasteiger charge is -2.32.